The Kier molecular flexibility index (Phi) is 3.60. The number of carboxylic acids is 1. The van der Waals surface area contributed by atoms with Crippen molar-refractivity contribution < 1.29 is 23.1 Å². The lowest BCUT2D eigenvalue weighted by Crippen LogP contribution is -2.25. The van der Waals surface area contributed by atoms with Crippen LogP contribution in [0.25, 0.3) is 10.9 Å². The van der Waals surface area contributed by atoms with E-state index in [0.29, 0.717) is 16.5 Å². The summed E-state index contributed by atoms with van der Waals surface area (Å²) in [6, 6.07) is 13.3. The number of hydrogen-bond donors (Lipinski definition) is 0. The van der Waals surface area contributed by atoms with Gasteiger partial charge < -0.3 is 14.5 Å². The highest BCUT2D eigenvalue weighted by Crippen LogP contribution is 2.30. The van der Waals surface area contributed by atoms with Crippen molar-refractivity contribution in [2.45, 2.75) is 12.7 Å². The van der Waals surface area contributed by atoms with Gasteiger partial charge >= 0.3 is 6.18 Å². The number of carboxylic acid groups (broad SMARTS) is 1. The smallest absolute Gasteiger partial charge is 0.416 e. The average molecular weight is 318 g/mol. The van der Waals surface area contributed by atoms with Crippen molar-refractivity contribution in [3.05, 3.63) is 71.4 Å². The van der Waals surface area contributed by atoms with Gasteiger partial charge in [-0.2, -0.15) is 13.2 Å². The summed E-state index contributed by atoms with van der Waals surface area (Å²) < 4.78 is 39.8. The topological polar surface area (TPSA) is 45.1 Å². The van der Waals surface area contributed by atoms with Gasteiger partial charge in [0.2, 0.25) is 0 Å². The lowest BCUT2D eigenvalue weighted by molar-refractivity contribution is -0.255. The van der Waals surface area contributed by atoms with Crippen LogP contribution in [0.5, 0.6) is 0 Å². The van der Waals surface area contributed by atoms with Crippen LogP contribution in [0.15, 0.2) is 54.6 Å². The Hall–Kier alpha value is -2.76. The van der Waals surface area contributed by atoms with Gasteiger partial charge in [-0.3, -0.25) is 0 Å². The molecule has 0 N–H and O–H groups in total. The predicted octanol–water partition coefficient (Wildman–Crippen LogP) is 3.07. The molecule has 0 saturated carbocycles. The maximum Gasteiger partial charge on any atom is 0.416 e. The summed E-state index contributed by atoms with van der Waals surface area (Å²) in [6.45, 7) is 0.0146. The van der Waals surface area contributed by atoms with Crippen molar-refractivity contribution >= 4 is 16.9 Å². The van der Waals surface area contributed by atoms with Crippen LogP contribution < -0.4 is 5.11 Å². The molecule has 0 aliphatic rings. The summed E-state index contributed by atoms with van der Waals surface area (Å²) in [6.07, 6.45) is -4.44. The molecule has 3 nitrogen and oxygen atoms in total. The van der Waals surface area contributed by atoms with Gasteiger partial charge in [-0.05, 0) is 29.8 Å². The third-order valence-electron chi connectivity index (χ3n) is 3.61. The number of halogens is 3. The highest BCUT2D eigenvalue weighted by Gasteiger charge is 2.30. The fourth-order valence-corrected chi connectivity index (χ4v) is 2.58. The van der Waals surface area contributed by atoms with E-state index in [9.17, 15) is 23.1 Å². The van der Waals surface area contributed by atoms with Crippen LogP contribution in [0, 0.1) is 0 Å². The number of alkyl halides is 3. The predicted molar refractivity (Wildman–Crippen MR) is 76.8 cm³/mol. The molecule has 3 aromatic rings. The number of aromatic nitrogens is 1. The lowest BCUT2D eigenvalue weighted by Gasteiger charge is -2.13. The molecule has 0 bridgehead atoms. The van der Waals surface area contributed by atoms with E-state index in [-0.39, 0.29) is 12.2 Å². The highest BCUT2D eigenvalue weighted by atomic mass is 19.4. The second-order valence-corrected chi connectivity index (χ2v) is 5.16. The molecule has 3 rings (SSSR count). The van der Waals surface area contributed by atoms with Gasteiger partial charge in [-0.1, -0.05) is 30.3 Å². The Labute approximate surface area is 129 Å². The third kappa shape index (κ3) is 2.92. The van der Waals surface area contributed by atoms with Crippen LogP contribution in [0.3, 0.4) is 0 Å². The third-order valence-corrected chi connectivity index (χ3v) is 3.61. The standard InChI is InChI=1S/C17H12F3NO2/c18-17(19,20)13-6-3-4-11(8-13)10-21-14-7-2-1-5-12(14)9-15(21)16(22)23/h1-9H,10H2,(H,22,23)/p-1. The van der Waals surface area contributed by atoms with Gasteiger partial charge in [0.05, 0.1) is 17.2 Å². The van der Waals surface area contributed by atoms with Crippen molar-refractivity contribution in [1.29, 1.82) is 0 Å². The minimum absolute atomic E-state index is 0.0146. The second-order valence-electron chi connectivity index (χ2n) is 5.16. The molecule has 2 aromatic carbocycles. The molecule has 1 heterocycles. The Morgan fingerprint density at radius 2 is 1.78 bits per heavy atom. The van der Waals surface area contributed by atoms with Gasteiger partial charge in [0.25, 0.3) is 0 Å². The van der Waals surface area contributed by atoms with E-state index in [2.05, 4.69) is 0 Å². The zero-order valence-corrected chi connectivity index (χ0v) is 11.8. The van der Waals surface area contributed by atoms with Crippen molar-refractivity contribution in [1.82, 2.24) is 4.57 Å². The second kappa shape index (κ2) is 5.46. The molecule has 0 spiro atoms. The Balaban J connectivity index is 2.08. The largest absolute Gasteiger partial charge is 0.543 e. The molecule has 118 valence electrons. The van der Waals surface area contributed by atoms with Gasteiger partial charge in [-0.15, -0.1) is 0 Å². The van der Waals surface area contributed by atoms with E-state index in [1.807, 2.05) is 0 Å². The van der Waals surface area contributed by atoms with Crippen LogP contribution >= 0.6 is 0 Å². The molecule has 0 radical (unpaired) electrons. The molecule has 0 atom stereocenters. The summed E-state index contributed by atoms with van der Waals surface area (Å²) in [4.78, 5) is 11.3. The van der Waals surface area contributed by atoms with Crippen molar-refractivity contribution in [3.8, 4) is 0 Å². The van der Waals surface area contributed by atoms with Crippen molar-refractivity contribution in [3.63, 3.8) is 0 Å². The minimum atomic E-state index is -4.44. The zero-order chi connectivity index (χ0) is 16.6. The number of benzene rings is 2. The minimum Gasteiger partial charge on any atom is -0.543 e. The average Bonchev–Trinajstić information content (AvgIpc) is 2.86. The lowest BCUT2D eigenvalue weighted by atomic mass is 10.1. The number of aromatic carboxylic acids is 1. The van der Waals surface area contributed by atoms with Crippen LogP contribution in [0.2, 0.25) is 0 Å². The number of para-hydroxylation sites is 1. The van der Waals surface area contributed by atoms with Crippen LogP contribution in [0.1, 0.15) is 21.6 Å². The number of carbonyl (C=O) groups is 1. The Morgan fingerprint density at radius 1 is 1.04 bits per heavy atom. The molecule has 6 heteroatoms. The number of nitrogens with zero attached hydrogens (tertiary/aromatic N) is 1. The SMILES string of the molecule is O=C([O-])c1cc2ccccc2n1Cc1cccc(C(F)(F)F)c1. The van der Waals surface area contributed by atoms with Crippen molar-refractivity contribution in [2.24, 2.45) is 0 Å². The maximum atomic E-state index is 12.8. The first kappa shape index (κ1) is 15.1. The fraction of sp³-hybridized carbons (Fsp3) is 0.118. The molecule has 0 aliphatic carbocycles. The molecule has 0 aliphatic heterocycles. The molecule has 0 fully saturated rings. The van der Waals surface area contributed by atoms with E-state index < -0.39 is 17.7 Å². The van der Waals surface area contributed by atoms with Crippen LogP contribution in [-0.4, -0.2) is 10.5 Å². The summed E-state index contributed by atoms with van der Waals surface area (Å²) in [5, 5.41) is 12.0. The van der Waals surface area contributed by atoms with Crippen LogP contribution in [0.4, 0.5) is 13.2 Å². The first-order valence-electron chi connectivity index (χ1n) is 6.82. The monoisotopic (exact) mass is 318 g/mol. The molecular formula is C17H11F3NO2-. The number of fused-ring (bicyclic) bond motifs is 1. The summed E-state index contributed by atoms with van der Waals surface area (Å²) in [7, 11) is 0. The molecule has 0 unspecified atom stereocenters. The first-order valence-corrected chi connectivity index (χ1v) is 6.82. The highest BCUT2D eigenvalue weighted by molar-refractivity contribution is 5.93. The molecule has 23 heavy (non-hydrogen) atoms. The van der Waals surface area contributed by atoms with Gasteiger partial charge in [0, 0.05) is 17.4 Å². The van der Waals surface area contributed by atoms with E-state index in [0.717, 1.165) is 12.1 Å². The number of carbonyl (C=O) groups excluding carboxylic acids is 1. The van der Waals surface area contributed by atoms with Crippen molar-refractivity contribution in [2.75, 3.05) is 0 Å². The quantitative estimate of drug-likeness (QED) is 0.745. The zero-order valence-electron chi connectivity index (χ0n) is 11.8. The van der Waals surface area contributed by atoms with Gasteiger partial charge in [-0.25, -0.2) is 0 Å². The molecular weight excluding hydrogens is 307 g/mol. The van der Waals surface area contributed by atoms with Crippen LogP contribution in [-0.2, 0) is 12.7 Å². The van der Waals surface area contributed by atoms with E-state index in [1.54, 1.807) is 24.3 Å². The first-order chi connectivity index (χ1) is 10.9. The van der Waals surface area contributed by atoms with Gasteiger partial charge in [0.1, 0.15) is 0 Å². The summed E-state index contributed by atoms with van der Waals surface area (Å²) in [5.41, 5.74) is 0.165. The maximum absolute atomic E-state index is 12.8. The number of hydrogen-bond acceptors (Lipinski definition) is 2. The summed E-state index contributed by atoms with van der Waals surface area (Å²) >= 11 is 0. The number of rotatable bonds is 3. The van der Waals surface area contributed by atoms with E-state index >= 15 is 0 Å². The fourth-order valence-electron chi connectivity index (χ4n) is 2.58. The van der Waals surface area contributed by atoms with E-state index in [4.69, 9.17) is 0 Å². The summed E-state index contributed by atoms with van der Waals surface area (Å²) in [5.74, 6) is -1.37. The van der Waals surface area contributed by atoms with E-state index in [1.165, 1.54) is 22.8 Å². The molecule has 0 saturated heterocycles. The normalized spacial score (nSPS) is 11.8. The Morgan fingerprint density at radius 3 is 2.48 bits per heavy atom. The molecule has 0 amide bonds. The molecule has 1 aromatic heterocycles. The Bertz CT molecular complexity index is 881. The van der Waals surface area contributed by atoms with Gasteiger partial charge in [0.15, 0.2) is 0 Å².